The molecule has 0 aliphatic rings. The van der Waals surface area contributed by atoms with Crippen LogP contribution in [0.4, 0.5) is 5.69 Å². The monoisotopic (exact) mass is 237 g/mol. The zero-order valence-electron chi connectivity index (χ0n) is 10.1. The molecule has 0 atom stereocenters. The molecule has 3 heteroatoms. The van der Waals surface area contributed by atoms with Gasteiger partial charge in [0.15, 0.2) is 0 Å². The molecule has 1 aromatic heterocycles. The Hall–Kier alpha value is -2.29. The minimum atomic E-state index is 0.881. The molecule has 0 bridgehead atoms. The summed E-state index contributed by atoms with van der Waals surface area (Å²) in [6.45, 7) is 0.881. The van der Waals surface area contributed by atoms with Gasteiger partial charge in [-0.3, -0.25) is 0 Å². The first-order chi connectivity index (χ1) is 8.92. The Morgan fingerprint density at radius 1 is 1.06 bits per heavy atom. The van der Waals surface area contributed by atoms with Gasteiger partial charge in [0.05, 0.1) is 0 Å². The molecule has 0 unspecified atom stereocenters. The van der Waals surface area contributed by atoms with Crippen LogP contribution in [0.3, 0.4) is 0 Å². The maximum absolute atomic E-state index is 4.20. The SMILES string of the molecule is c1ccc2cc(NCCc3ncc[nH]3)ccc2c1. The van der Waals surface area contributed by atoms with Gasteiger partial charge in [0.1, 0.15) is 5.82 Å². The van der Waals surface area contributed by atoms with E-state index in [1.165, 1.54) is 10.8 Å². The van der Waals surface area contributed by atoms with Crippen LogP contribution in [0, 0.1) is 0 Å². The van der Waals surface area contributed by atoms with Gasteiger partial charge in [-0.2, -0.15) is 0 Å². The minimum absolute atomic E-state index is 0.881. The van der Waals surface area contributed by atoms with Gasteiger partial charge in [-0.05, 0) is 22.9 Å². The summed E-state index contributed by atoms with van der Waals surface area (Å²) in [5, 5.41) is 5.95. The number of anilines is 1. The fourth-order valence-electron chi connectivity index (χ4n) is 2.06. The summed E-state index contributed by atoms with van der Waals surface area (Å²) in [5.74, 6) is 1.02. The van der Waals surface area contributed by atoms with Crippen LogP contribution in [-0.2, 0) is 6.42 Å². The summed E-state index contributed by atoms with van der Waals surface area (Å²) in [5.41, 5.74) is 1.15. The van der Waals surface area contributed by atoms with Crippen molar-refractivity contribution >= 4 is 16.5 Å². The van der Waals surface area contributed by atoms with Crippen molar-refractivity contribution in [3.8, 4) is 0 Å². The second-order valence-electron chi connectivity index (χ2n) is 4.27. The van der Waals surface area contributed by atoms with Crippen LogP contribution in [-0.4, -0.2) is 16.5 Å². The van der Waals surface area contributed by atoms with Gasteiger partial charge in [0, 0.05) is 31.0 Å². The normalized spacial score (nSPS) is 10.7. The topological polar surface area (TPSA) is 40.7 Å². The number of aromatic nitrogens is 2. The Kier molecular flexibility index (Phi) is 2.96. The highest BCUT2D eigenvalue weighted by molar-refractivity contribution is 5.85. The molecule has 90 valence electrons. The van der Waals surface area contributed by atoms with Crippen molar-refractivity contribution in [1.82, 2.24) is 9.97 Å². The molecule has 0 spiro atoms. The zero-order chi connectivity index (χ0) is 12.2. The fraction of sp³-hybridized carbons (Fsp3) is 0.133. The van der Waals surface area contributed by atoms with Crippen molar-refractivity contribution in [1.29, 1.82) is 0 Å². The van der Waals surface area contributed by atoms with Gasteiger partial charge in [0.25, 0.3) is 0 Å². The number of imidazole rings is 1. The van der Waals surface area contributed by atoms with E-state index in [2.05, 4.69) is 57.7 Å². The molecule has 2 aromatic carbocycles. The largest absolute Gasteiger partial charge is 0.385 e. The average molecular weight is 237 g/mol. The standard InChI is InChI=1S/C15H15N3/c1-2-4-13-11-14(6-5-12(13)3-1)16-8-7-15-17-9-10-18-15/h1-6,9-11,16H,7-8H2,(H,17,18). The van der Waals surface area contributed by atoms with E-state index in [9.17, 15) is 0 Å². The summed E-state index contributed by atoms with van der Waals surface area (Å²) in [7, 11) is 0. The molecule has 3 nitrogen and oxygen atoms in total. The van der Waals surface area contributed by atoms with Crippen molar-refractivity contribution in [2.75, 3.05) is 11.9 Å². The third-order valence-electron chi connectivity index (χ3n) is 3.00. The van der Waals surface area contributed by atoms with Crippen LogP contribution in [0.2, 0.25) is 0 Å². The van der Waals surface area contributed by atoms with Crippen LogP contribution in [0.5, 0.6) is 0 Å². The lowest BCUT2D eigenvalue weighted by atomic mass is 10.1. The molecule has 0 aliphatic heterocycles. The second-order valence-corrected chi connectivity index (χ2v) is 4.27. The highest BCUT2D eigenvalue weighted by atomic mass is 14.9. The van der Waals surface area contributed by atoms with Gasteiger partial charge in [-0.1, -0.05) is 30.3 Å². The van der Waals surface area contributed by atoms with E-state index in [1.807, 2.05) is 6.20 Å². The van der Waals surface area contributed by atoms with Crippen LogP contribution in [0.15, 0.2) is 54.9 Å². The van der Waals surface area contributed by atoms with Crippen molar-refractivity contribution in [3.05, 3.63) is 60.7 Å². The molecule has 0 saturated carbocycles. The van der Waals surface area contributed by atoms with Gasteiger partial charge >= 0.3 is 0 Å². The van der Waals surface area contributed by atoms with E-state index >= 15 is 0 Å². The van der Waals surface area contributed by atoms with Crippen LogP contribution in [0.25, 0.3) is 10.8 Å². The van der Waals surface area contributed by atoms with Gasteiger partial charge in [-0.25, -0.2) is 4.98 Å². The minimum Gasteiger partial charge on any atom is -0.385 e. The van der Waals surface area contributed by atoms with Crippen molar-refractivity contribution < 1.29 is 0 Å². The number of hydrogen-bond acceptors (Lipinski definition) is 2. The van der Waals surface area contributed by atoms with Crippen molar-refractivity contribution in [2.24, 2.45) is 0 Å². The lowest BCUT2D eigenvalue weighted by Crippen LogP contribution is -2.05. The number of fused-ring (bicyclic) bond motifs is 1. The zero-order valence-corrected chi connectivity index (χ0v) is 10.1. The van der Waals surface area contributed by atoms with Crippen LogP contribution < -0.4 is 5.32 Å². The third kappa shape index (κ3) is 2.35. The molecule has 0 aliphatic carbocycles. The van der Waals surface area contributed by atoms with Gasteiger partial charge in [-0.15, -0.1) is 0 Å². The van der Waals surface area contributed by atoms with E-state index in [1.54, 1.807) is 6.20 Å². The quantitative estimate of drug-likeness (QED) is 0.731. The van der Waals surface area contributed by atoms with Gasteiger partial charge in [0.2, 0.25) is 0 Å². The highest BCUT2D eigenvalue weighted by Gasteiger charge is 1.97. The third-order valence-corrected chi connectivity index (χ3v) is 3.00. The Labute approximate surface area is 106 Å². The van der Waals surface area contributed by atoms with Crippen LogP contribution in [0.1, 0.15) is 5.82 Å². The first kappa shape index (κ1) is 10.8. The second kappa shape index (κ2) is 4.92. The number of hydrogen-bond donors (Lipinski definition) is 2. The lowest BCUT2D eigenvalue weighted by molar-refractivity contribution is 0.928. The molecular formula is C15H15N3. The van der Waals surface area contributed by atoms with E-state index in [-0.39, 0.29) is 0 Å². The molecule has 1 heterocycles. The van der Waals surface area contributed by atoms with Gasteiger partial charge < -0.3 is 10.3 Å². The predicted octanol–water partition coefficient (Wildman–Crippen LogP) is 3.22. The van der Waals surface area contributed by atoms with E-state index < -0.39 is 0 Å². The number of rotatable bonds is 4. The average Bonchev–Trinajstić information content (AvgIpc) is 2.92. The number of aromatic amines is 1. The summed E-state index contributed by atoms with van der Waals surface area (Å²) < 4.78 is 0. The van der Waals surface area contributed by atoms with E-state index in [4.69, 9.17) is 0 Å². The fourth-order valence-corrected chi connectivity index (χ4v) is 2.06. The van der Waals surface area contributed by atoms with E-state index in [0.717, 1.165) is 24.5 Å². The summed E-state index contributed by atoms with van der Waals surface area (Å²) >= 11 is 0. The summed E-state index contributed by atoms with van der Waals surface area (Å²) in [4.78, 5) is 7.30. The maximum atomic E-state index is 4.20. The van der Waals surface area contributed by atoms with Crippen molar-refractivity contribution in [2.45, 2.75) is 6.42 Å². The molecule has 18 heavy (non-hydrogen) atoms. The molecule has 3 rings (SSSR count). The number of benzene rings is 2. The molecule has 0 amide bonds. The number of nitrogens with one attached hydrogen (secondary N) is 2. The first-order valence-electron chi connectivity index (χ1n) is 6.13. The van der Waals surface area contributed by atoms with E-state index in [0.29, 0.717) is 0 Å². The number of H-pyrrole nitrogens is 1. The summed E-state index contributed by atoms with van der Waals surface area (Å²) in [6.07, 6.45) is 4.54. The smallest absolute Gasteiger partial charge is 0.107 e. The molecule has 0 fully saturated rings. The number of nitrogens with zero attached hydrogens (tertiary/aromatic N) is 1. The Bertz CT molecular complexity index is 629. The lowest BCUT2D eigenvalue weighted by Gasteiger charge is -2.06. The Morgan fingerprint density at radius 2 is 1.94 bits per heavy atom. The van der Waals surface area contributed by atoms with Crippen LogP contribution >= 0.6 is 0 Å². The Balaban J connectivity index is 1.67. The molecule has 3 aromatic rings. The molecule has 0 saturated heterocycles. The molecule has 2 N–H and O–H groups in total. The molecule has 0 radical (unpaired) electrons. The van der Waals surface area contributed by atoms with Crippen molar-refractivity contribution in [3.63, 3.8) is 0 Å². The molecular weight excluding hydrogens is 222 g/mol. The maximum Gasteiger partial charge on any atom is 0.107 e. The summed E-state index contributed by atoms with van der Waals surface area (Å²) in [6, 6.07) is 14.8. The predicted molar refractivity (Wildman–Crippen MR) is 74.7 cm³/mol. The highest BCUT2D eigenvalue weighted by Crippen LogP contribution is 2.18. The first-order valence-corrected chi connectivity index (χ1v) is 6.13. The Morgan fingerprint density at radius 3 is 2.78 bits per heavy atom.